The minimum absolute atomic E-state index is 0.0298. The molecule has 0 saturated carbocycles. The van der Waals surface area contributed by atoms with Crippen LogP contribution in [0.25, 0.3) is 17.0 Å². The van der Waals surface area contributed by atoms with Crippen molar-refractivity contribution in [3.8, 4) is 23.0 Å². The number of hydrogen-bond donors (Lipinski definition) is 3. The number of hydrogen-bond acceptors (Lipinski definition) is 16. The first-order valence-electron chi connectivity index (χ1n) is 26.5. The zero-order chi connectivity index (χ0) is 57.1. The maximum Gasteiger partial charge on any atom is 0.338 e. The number of carbonyl (C=O) groups is 5. The van der Waals surface area contributed by atoms with Crippen molar-refractivity contribution in [2.45, 2.75) is 82.8 Å². The molecule has 5 atom stereocenters. The van der Waals surface area contributed by atoms with E-state index in [1.54, 1.807) is 103 Å². The van der Waals surface area contributed by atoms with Crippen molar-refractivity contribution in [1.29, 1.82) is 0 Å². The number of amides is 1. The standard InChI is InChI=1S/C63H62N2O16/c1-4-5-6-7-8-21-34-75-53-47(38-66)46-32-31-45(37-48(46)65-58(53)68)64-52(67)33-30-40-35-49(73-2)54(50(36-40)74-3)81-63-57(80-62(72)44-28-19-12-20-29-44)56(79-61(71)43-26-17-11-18-27-43)55(78-60(70)42-24-15-10-16-25-42)51(77-63)39-76-59(69)41-22-13-9-14-23-41/h9-20,22-33,35-37,51,55-57,63,66H,4-8,21,34,38-39H2,1-3H3,(H,64,67)(H,65,68)/t51-,55-,56+,57+,63-/m1/s1. The van der Waals surface area contributed by atoms with Crippen LogP contribution in [0.4, 0.5) is 5.69 Å². The first kappa shape index (κ1) is 57.9. The Hall–Kier alpha value is -9.26. The quantitative estimate of drug-likeness (QED) is 0.0209. The predicted molar refractivity (Wildman–Crippen MR) is 300 cm³/mol. The van der Waals surface area contributed by atoms with Crippen molar-refractivity contribution >= 4 is 52.5 Å². The number of methoxy groups -OCH3 is 2. The molecule has 0 unspecified atom stereocenters. The third-order valence-corrected chi connectivity index (χ3v) is 13.1. The lowest BCUT2D eigenvalue weighted by atomic mass is 9.97. The van der Waals surface area contributed by atoms with Crippen molar-refractivity contribution < 1.29 is 71.7 Å². The van der Waals surface area contributed by atoms with Crippen molar-refractivity contribution in [2.24, 2.45) is 0 Å². The first-order valence-corrected chi connectivity index (χ1v) is 26.5. The van der Waals surface area contributed by atoms with Gasteiger partial charge in [-0.05, 0) is 90.9 Å². The fraction of sp³-hybridized carbons (Fsp3) is 0.270. The lowest BCUT2D eigenvalue weighted by Gasteiger charge is -2.44. The van der Waals surface area contributed by atoms with Gasteiger partial charge in [0.15, 0.2) is 29.5 Å². The van der Waals surface area contributed by atoms with Crippen LogP contribution in [0, 0.1) is 0 Å². The van der Waals surface area contributed by atoms with Gasteiger partial charge in [-0.25, -0.2) is 19.2 Å². The van der Waals surface area contributed by atoms with Crippen LogP contribution in [0.2, 0.25) is 0 Å². The van der Waals surface area contributed by atoms with Gasteiger partial charge in [0, 0.05) is 22.7 Å². The van der Waals surface area contributed by atoms with Crippen molar-refractivity contribution in [2.75, 3.05) is 32.8 Å². The number of aromatic nitrogens is 1. The average molecular weight is 1100 g/mol. The van der Waals surface area contributed by atoms with Gasteiger partial charge in [-0.3, -0.25) is 9.59 Å². The largest absolute Gasteiger partial charge is 0.493 e. The molecule has 0 radical (unpaired) electrons. The molecule has 1 aliphatic heterocycles. The van der Waals surface area contributed by atoms with Crippen LogP contribution in [-0.4, -0.2) is 98.0 Å². The molecule has 1 aromatic heterocycles. The Bertz CT molecular complexity index is 3330. The normalized spacial score (nSPS) is 16.7. The van der Waals surface area contributed by atoms with Gasteiger partial charge in [-0.15, -0.1) is 0 Å². The Morgan fingerprint density at radius 2 is 1.14 bits per heavy atom. The number of nitrogens with one attached hydrogen (secondary N) is 2. The summed E-state index contributed by atoms with van der Waals surface area (Å²) in [6, 6.07) is 39.9. The molecule has 1 aliphatic rings. The smallest absolute Gasteiger partial charge is 0.338 e. The molecule has 1 saturated heterocycles. The highest BCUT2D eigenvalue weighted by Gasteiger charge is 2.54. The van der Waals surface area contributed by atoms with Gasteiger partial charge in [0.1, 0.15) is 12.7 Å². The maximum atomic E-state index is 14.2. The molecule has 8 rings (SSSR count). The van der Waals surface area contributed by atoms with Crippen LogP contribution in [-0.2, 0) is 35.1 Å². The molecule has 2 heterocycles. The third-order valence-electron chi connectivity index (χ3n) is 13.1. The van der Waals surface area contributed by atoms with E-state index < -0.39 is 79.3 Å². The van der Waals surface area contributed by atoms with E-state index in [0.29, 0.717) is 34.3 Å². The number of aliphatic hydroxyl groups excluding tert-OH is 1. The average Bonchev–Trinajstić information content (AvgIpc) is 3.70. The summed E-state index contributed by atoms with van der Waals surface area (Å²) in [6.07, 6.45) is 0.698. The summed E-state index contributed by atoms with van der Waals surface area (Å²) in [5.41, 5.74) is 1.47. The second-order valence-corrected chi connectivity index (χ2v) is 18.7. The number of benzene rings is 6. The molecule has 18 nitrogen and oxygen atoms in total. The molecule has 1 fully saturated rings. The number of H-pyrrole nitrogens is 1. The molecule has 420 valence electrons. The summed E-state index contributed by atoms with van der Waals surface area (Å²) in [5.74, 6) is -3.97. The monoisotopic (exact) mass is 1100 g/mol. The number of unbranched alkanes of at least 4 members (excludes halogenated alkanes) is 5. The van der Waals surface area contributed by atoms with Gasteiger partial charge < -0.3 is 58.0 Å². The van der Waals surface area contributed by atoms with Crippen molar-refractivity contribution in [3.63, 3.8) is 0 Å². The highest BCUT2D eigenvalue weighted by molar-refractivity contribution is 6.03. The molecule has 0 aliphatic carbocycles. The molecular weight excluding hydrogens is 1040 g/mol. The van der Waals surface area contributed by atoms with Gasteiger partial charge in [0.25, 0.3) is 5.56 Å². The summed E-state index contributed by atoms with van der Waals surface area (Å²) in [6.45, 7) is 1.46. The first-order chi connectivity index (χ1) is 39.5. The number of aromatic amines is 1. The molecule has 18 heteroatoms. The van der Waals surface area contributed by atoms with E-state index in [1.807, 2.05) is 0 Å². The fourth-order valence-electron chi connectivity index (χ4n) is 9.00. The van der Waals surface area contributed by atoms with Crippen LogP contribution >= 0.6 is 0 Å². The van der Waals surface area contributed by atoms with Gasteiger partial charge >= 0.3 is 23.9 Å². The van der Waals surface area contributed by atoms with E-state index in [1.165, 1.54) is 81.3 Å². The van der Waals surface area contributed by atoms with Gasteiger partial charge in [0.05, 0.1) is 55.2 Å². The highest BCUT2D eigenvalue weighted by Crippen LogP contribution is 2.42. The Balaban J connectivity index is 1.09. The zero-order valence-corrected chi connectivity index (χ0v) is 44.9. The van der Waals surface area contributed by atoms with Crippen molar-refractivity contribution in [3.05, 3.63) is 201 Å². The van der Waals surface area contributed by atoms with E-state index in [2.05, 4.69) is 17.2 Å². The maximum absolute atomic E-state index is 14.2. The fourth-order valence-corrected chi connectivity index (χ4v) is 9.00. The molecule has 7 aromatic rings. The second-order valence-electron chi connectivity index (χ2n) is 18.7. The molecular formula is C63H62N2O16. The van der Waals surface area contributed by atoms with Crippen LogP contribution in [0.1, 0.15) is 98.0 Å². The lowest BCUT2D eigenvalue weighted by molar-refractivity contribution is -0.275. The number of ether oxygens (including phenoxy) is 9. The number of aliphatic hydroxyl groups is 1. The molecule has 81 heavy (non-hydrogen) atoms. The number of carbonyl (C=O) groups excluding carboxylic acids is 5. The summed E-state index contributed by atoms with van der Waals surface area (Å²) in [5, 5.41) is 13.7. The second kappa shape index (κ2) is 28.6. The SMILES string of the molecule is CCCCCCCCOc1c(CO)c2ccc(NC(=O)C=Cc3cc(OC)c(O[C@H]4O[C@H](COC(=O)c5ccccc5)[C@@H](OC(=O)c5ccccc5)[C@H](OC(=O)c5ccccc5)[C@@H]4OC(=O)c4ccccc4)c(OC)c3)cc2[nH]c1=O. The minimum atomic E-state index is -1.76. The summed E-state index contributed by atoms with van der Waals surface area (Å²) >= 11 is 0. The van der Waals surface area contributed by atoms with Gasteiger partial charge in [0.2, 0.25) is 24.1 Å². The summed E-state index contributed by atoms with van der Waals surface area (Å²) < 4.78 is 55.1. The molecule has 3 N–H and O–H groups in total. The summed E-state index contributed by atoms with van der Waals surface area (Å²) in [4.78, 5) is 85.3. The number of esters is 4. The predicted octanol–water partition coefficient (Wildman–Crippen LogP) is 10.1. The molecule has 6 aromatic carbocycles. The van der Waals surface area contributed by atoms with E-state index in [4.69, 9.17) is 42.6 Å². The van der Waals surface area contributed by atoms with E-state index in [0.717, 1.165) is 32.1 Å². The zero-order valence-electron chi connectivity index (χ0n) is 44.9. The van der Waals surface area contributed by atoms with Gasteiger partial charge in [-0.1, -0.05) is 118 Å². The number of rotatable bonds is 25. The van der Waals surface area contributed by atoms with Crippen LogP contribution < -0.4 is 29.8 Å². The van der Waals surface area contributed by atoms with Gasteiger partial charge in [-0.2, -0.15) is 0 Å². The highest BCUT2D eigenvalue weighted by atomic mass is 16.7. The molecule has 0 spiro atoms. The number of anilines is 1. The topological polar surface area (TPSA) is 234 Å². The van der Waals surface area contributed by atoms with Crippen LogP contribution in [0.3, 0.4) is 0 Å². The Morgan fingerprint density at radius 3 is 1.68 bits per heavy atom. The van der Waals surface area contributed by atoms with E-state index in [9.17, 15) is 33.9 Å². The third kappa shape index (κ3) is 15.1. The lowest BCUT2D eigenvalue weighted by Crippen LogP contribution is -2.64. The molecule has 1 amide bonds. The molecule has 0 bridgehead atoms. The Kier molecular flexibility index (Phi) is 20.4. The summed E-state index contributed by atoms with van der Waals surface area (Å²) in [7, 11) is 2.70. The number of fused-ring (bicyclic) bond motifs is 1. The van der Waals surface area contributed by atoms with Crippen molar-refractivity contribution in [1.82, 2.24) is 4.98 Å². The van der Waals surface area contributed by atoms with E-state index >= 15 is 0 Å². The van der Waals surface area contributed by atoms with Crippen LogP contribution in [0.5, 0.6) is 23.0 Å². The van der Waals surface area contributed by atoms with E-state index in [-0.39, 0.29) is 45.3 Å². The van der Waals surface area contributed by atoms with Crippen LogP contribution in [0.15, 0.2) is 163 Å². The minimum Gasteiger partial charge on any atom is -0.493 e. The Morgan fingerprint density at radius 1 is 0.617 bits per heavy atom. The number of pyridine rings is 1. The Labute approximate surface area is 467 Å².